The van der Waals surface area contributed by atoms with Gasteiger partial charge in [0.2, 0.25) is 0 Å². The first-order valence-corrected chi connectivity index (χ1v) is 14.4. The fraction of sp³-hybridized carbons (Fsp3) is 1.00. The average molecular weight is 292 g/mol. The molecule has 0 nitrogen and oxygen atoms in total. The molecule has 0 unspecified atom stereocenters. The zero-order valence-electron chi connectivity index (χ0n) is 7.58. The minimum absolute atomic E-state index is 0.872. The van der Waals surface area contributed by atoms with Crippen LogP contribution in [0, 0.1) is 0 Å². The molecule has 0 spiro atoms. The third-order valence-corrected chi connectivity index (χ3v) is 6.69. The summed E-state index contributed by atoms with van der Waals surface area (Å²) < 4.78 is 0. The first-order valence-electron chi connectivity index (χ1n) is 4.63. The van der Waals surface area contributed by atoms with E-state index in [1.165, 1.54) is 32.1 Å². The van der Waals surface area contributed by atoms with Crippen molar-refractivity contribution in [1.82, 2.24) is 0 Å². The normalized spacial score (nSPS) is 12.0. The van der Waals surface area contributed by atoms with Gasteiger partial charge in [0.25, 0.3) is 0 Å². The van der Waals surface area contributed by atoms with E-state index in [2.05, 4.69) is 6.92 Å². The second kappa shape index (κ2) is 7.78. The quantitative estimate of drug-likeness (QED) is 0.457. The first kappa shape index (κ1) is 13.4. The van der Waals surface area contributed by atoms with Crippen molar-refractivity contribution in [2.24, 2.45) is 0 Å². The van der Waals surface area contributed by atoms with Gasteiger partial charge in [-0.25, -0.2) is 0 Å². The van der Waals surface area contributed by atoms with Crippen molar-refractivity contribution in [3.05, 3.63) is 0 Å². The van der Waals surface area contributed by atoms with Crippen molar-refractivity contribution in [2.75, 3.05) is 0 Å². The van der Waals surface area contributed by atoms with E-state index in [9.17, 15) is 0 Å². The monoisotopic (exact) mass is 292 g/mol. The molecule has 0 radical (unpaired) electrons. The molecular weight excluding hydrogens is 275 g/mol. The summed E-state index contributed by atoms with van der Waals surface area (Å²) in [5, 5.41) is 0.872. The third kappa shape index (κ3) is 11.4. The third-order valence-electron chi connectivity index (χ3n) is 1.81. The summed E-state index contributed by atoms with van der Waals surface area (Å²) in [5.74, 6) is 0. The second-order valence-corrected chi connectivity index (χ2v) is 19.8. The van der Waals surface area contributed by atoms with Gasteiger partial charge in [0, 0.05) is 0 Å². The van der Waals surface area contributed by atoms with Gasteiger partial charge in [0.15, 0.2) is 0 Å². The zero-order valence-corrected chi connectivity index (χ0v) is 11.9. The van der Waals surface area contributed by atoms with Crippen molar-refractivity contribution in [2.45, 2.75) is 50.7 Å². The van der Waals surface area contributed by atoms with Gasteiger partial charge < -0.3 is 0 Å². The van der Waals surface area contributed by atoms with Gasteiger partial charge in [0.1, 0.15) is 0 Å². The van der Waals surface area contributed by atoms with Gasteiger partial charge in [-0.05, 0) is 0 Å². The zero-order chi connectivity index (χ0) is 9.45. The average Bonchev–Trinajstić information content (AvgIpc) is 1.94. The summed E-state index contributed by atoms with van der Waals surface area (Å²) in [6, 6.07) is 0. The molecule has 0 rings (SSSR count). The maximum atomic E-state index is 5.79. The number of rotatable bonds is 7. The van der Waals surface area contributed by atoms with E-state index in [1.807, 2.05) is 0 Å². The molecule has 0 amide bonds. The molecule has 0 fully saturated rings. The summed E-state index contributed by atoms with van der Waals surface area (Å²) in [4.78, 5) is 0. The molecule has 0 atom stereocenters. The molecule has 0 heterocycles. The van der Waals surface area contributed by atoms with Crippen molar-refractivity contribution >= 4 is 40.5 Å². The van der Waals surface area contributed by atoms with Crippen LogP contribution in [0.2, 0.25) is 5.25 Å². The van der Waals surface area contributed by atoms with Gasteiger partial charge >= 0.3 is 91.2 Å². The molecule has 0 aromatic rings. The predicted octanol–water partition coefficient (Wildman–Crippen LogP) is 5.00. The van der Waals surface area contributed by atoms with Crippen LogP contribution in [0.25, 0.3) is 0 Å². The van der Waals surface area contributed by atoms with E-state index in [0.717, 1.165) is 11.7 Å². The van der Waals surface area contributed by atoms with Crippen molar-refractivity contribution < 1.29 is 0 Å². The van der Waals surface area contributed by atoms with Gasteiger partial charge in [-0.2, -0.15) is 0 Å². The SMILES string of the molecule is CCCCCCC[CH2][Ge]([Cl])([Cl])[Cl]. The van der Waals surface area contributed by atoms with Gasteiger partial charge in [-0.1, -0.05) is 0 Å². The van der Waals surface area contributed by atoms with Crippen LogP contribution in [-0.4, -0.2) is 10.5 Å². The van der Waals surface area contributed by atoms with Crippen LogP contribution in [0.3, 0.4) is 0 Å². The van der Waals surface area contributed by atoms with Gasteiger partial charge in [-0.15, -0.1) is 0 Å². The van der Waals surface area contributed by atoms with Crippen molar-refractivity contribution in [3.63, 3.8) is 0 Å². The van der Waals surface area contributed by atoms with E-state index in [1.54, 1.807) is 0 Å². The topological polar surface area (TPSA) is 0 Å². The molecule has 0 aliphatic heterocycles. The number of hydrogen-bond donors (Lipinski definition) is 0. The summed E-state index contributed by atoms with van der Waals surface area (Å²) in [6.07, 6.45) is 7.62. The number of unbranched alkanes of at least 4 members (excludes halogenated alkanes) is 5. The van der Waals surface area contributed by atoms with E-state index in [4.69, 9.17) is 30.0 Å². The Kier molecular flexibility index (Phi) is 8.70. The number of hydrogen-bond acceptors (Lipinski definition) is 0. The fourth-order valence-electron chi connectivity index (χ4n) is 1.11. The Bertz CT molecular complexity index is 101. The fourth-order valence-corrected chi connectivity index (χ4v) is 4.55. The molecule has 0 aliphatic carbocycles. The van der Waals surface area contributed by atoms with Crippen LogP contribution in [0.5, 0.6) is 0 Å². The van der Waals surface area contributed by atoms with Crippen molar-refractivity contribution in [3.8, 4) is 0 Å². The Morgan fingerprint density at radius 2 is 1.33 bits per heavy atom. The second-order valence-electron chi connectivity index (χ2n) is 3.13. The molecule has 0 aromatic carbocycles. The molecule has 0 aromatic heterocycles. The first-order chi connectivity index (χ1) is 5.56. The molecule has 74 valence electrons. The molecule has 0 N–H and O–H groups in total. The van der Waals surface area contributed by atoms with E-state index in [-0.39, 0.29) is 0 Å². The molecular formula is C8H17Cl3Ge. The van der Waals surface area contributed by atoms with Crippen LogP contribution in [0.1, 0.15) is 45.4 Å². The number of halogens is 3. The predicted molar refractivity (Wildman–Crippen MR) is 61.5 cm³/mol. The molecule has 12 heavy (non-hydrogen) atoms. The van der Waals surface area contributed by atoms with Gasteiger partial charge in [-0.3, -0.25) is 0 Å². The Balaban J connectivity index is 3.01. The summed E-state index contributed by atoms with van der Waals surface area (Å²) in [7, 11) is 14.6. The molecule has 0 bridgehead atoms. The summed E-state index contributed by atoms with van der Waals surface area (Å²) >= 11 is 0. The molecule has 0 aliphatic rings. The Morgan fingerprint density at radius 1 is 0.833 bits per heavy atom. The van der Waals surface area contributed by atoms with E-state index >= 15 is 0 Å². The maximum absolute atomic E-state index is 5.79. The summed E-state index contributed by atoms with van der Waals surface area (Å²) in [5.41, 5.74) is 0. The van der Waals surface area contributed by atoms with Crippen LogP contribution in [0.4, 0.5) is 0 Å². The van der Waals surface area contributed by atoms with Crippen LogP contribution in [0.15, 0.2) is 0 Å². The van der Waals surface area contributed by atoms with Crippen LogP contribution in [-0.2, 0) is 0 Å². The van der Waals surface area contributed by atoms with Gasteiger partial charge in [0.05, 0.1) is 0 Å². The Morgan fingerprint density at radius 3 is 1.83 bits per heavy atom. The Hall–Kier alpha value is 1.41. The molecule has 4 heteroatoms. The van der Waals surface area contributed by atoms with Crippen LogP contribution >= 0.6 is 30.0 Å². The summed E-state index contributed by atoms with van der Waals surface area (Å²) in [6.45, 7) is 2.22. The molecule has 0 saturated carbocycles. The minimum atomic E-state index is -2.75. The Labute approximate surface area is 90.9 Å². The van der Waals surface area contributed by atoms with Crippen LogP contribution < -0.4 is 0 Å². The van der Waals surface area contributed by atoms with E-state index < -0.39 is 10.5 Å². The standard InChI is InChI=1S/C8H17Cl3Ge/c1-2-3-4-5-6-7-8-12(9,10)11/h2-8H2,1H3. The molecule has 0 saturated heterocycles. The van der Waals surface area contributed by atoms with Crippen molar-refractivity contribution in [1.29, 1.82) is 0 Å². The van der Waals surface area contributed by atoms with E-state index in [0.29, 0.717) is 0 Å².